The van der Waals surface area contributed by atoms with Gasteiger partial charge in [0.25, 0.3) is 5.91 Å². The van der Waals surface area contributed by atoms with Crippen LogP contribution in [0.25, 0.3) is 0 Å². The van der Waals surface area contributed by atoms with Crippen molar-refractivity contribution in [2.24, 2.45) is 23.7 Å². The molecule has 3 fully saturated rings. The number of hydrogen-bond donors (Lipinski definition) is 0. The third-order valence-corrected chi connectivity index (χ3v) is 6.59. The van der Waals surface area contributed by atoms with Gasteiger partial charge in [-0.15, -0.1) is 0 Å². The van der Waals surface area contributed by atoms with Gasteiger partial charge in [0.2, 0.25) is 11.8 Å². The second-order valence-electron chi connectivity index (χ2n) is 8.05. The van der Waals surface area contributed by atoms with Crippen molar-refractivity contribution >= 4 is 29.1 Å². The van der Waals surface area contributed by atoms with Gasteiger partial charge in [-0.3, -0.25) is 24.2 Å². The van der Waals surface area contributed by atoms with Gasteiger partial charge in [-0.05, 0) is 55.4 Å². The molecule has 4 atom stereocenters. The van der Waals surface area contributed by atoms with Crippen molar-refractivity contribution in [3.63, 3.8) is 0 Å². The maximum Gasteiger partial charge on any atom is 0.251 e. The molecule has 0 radical (unpaired) electrons. The van der Waals surface area contributed by atoms with Crippen LogP contribution in [0.5, 0.6) is 0 Å². The van der Waals surface area contributed by atoms with Gasteiger partial charge >= 0.3 is 0 Å². The topological polar surface area (TPSA) is 57.7 Å². The monoisotopic (exact) mass is 374 g/mol. The van der Waals surface area contributed by atoms with Crippen molar-refractivity contribution < 1.29 is 14.4 Å². The maximum absolute atomic E-state index is 13.3. The van der Waals surface area contributed by atoms with Crippen molar-refractivity contribution in [2.75, 3.05) is 11.4 Å². The number of anilines is 2. The summed E-state index contributed by atoms with van der Waals surface area (Å²) in [5.41, 5.74) is 1.44. The van der Waals surface area contributed by atoms with E-state index in [1.54, 1.807) is 4.90 Å². The van der Waals surface area contributed by atoms with E-state index in [0.717, 1.165) is 30.6 Å². The summed E-state index contributed by atoms with van der Waals surface area (Å²) in [7, 11) is 0. The van der Waals surface area contributed by atoms with Crippen LogP contribution in [0.2, 0.25) is 0 Å². The number of carbonyl (C=O) groups is 3. The number of carbonyl (C=O) groups excluding carboxylic acids is 3. The highest BCUT2D eigenvalue weighted by Gasteiger charge is 2.61. The smallest absolute Gasteiger partial charge is 0.251 e. The average molecular weight is 374 g/mol. The van der Waals surface area contributed by atoms with E-state index >= 15 is 0 Å². The molecule has 5 nitrogen and oxygen atoms in total. The fraction of sp³-hybridized carbons (Fsp3) is 0.348. The van der Waals surface area contributed by atoms with Gasteiger partial charge < -0.3 is 0 Å². The van der Waals surface area contributed by atoms with Crippen molar-refractivity contribution in [3.05, 3.63) is 60.7 Å². The van der Waals surface area contributed by atoms with Crippen LogP contribution in [-0.4, -0.2) is 29.2 Å². The highest BCUT2D eigenvalue weighted by Crippen LogP contribution is 2.56. The standard InChI is InChI=1S/C23H22N2O3/c26-19(25(17-7-3-1-4-8-17)18-9-5-2-6-10-18)14-24-22(27)20-15-11-12-16(13-15)21(20)23(24)28/h1-10,15-16,20-21H,11-14H2/t15-,16-,20-,21+/m0/s1. The molecule has 0 unspecified atom stereocenters. The van der Waals surface area contributed by atoms with Crippen LogP contribution in [0.1, 0.15) is 19.3 Å². The number of para-hydroxylation sites is 2. The van der Waals surface area contributed by atoms with E-state index in [1.807, 2.05) is 60.7 Å². The third kappa shape index (κ3) is 2.57. The predicted molar refractivity (Wildman–Crippen MR) is 105 cm³/mol. The number of rotatable bonds is 4. The van der Waals surface area contributed by atoms with E-state index < -0.39 is 0 Å². The zero-order valence-corrected chi connectivity index (χ0v) is 15.5. The fourth-order valence-corrected chi connectivity index (χ4v) is 5.42. The Morgan fingerprint density at radius 1 is 0.821 bits per heavy atom. The minimum Gasteiger partial charge on any atom is -0.280 e. The lowest BCUT2D eigenvalue weighted by atomic mass is 9.81. The summed E-state index contributed by atoms with van der Waals surface area (Å²) in [5, 5.41) is 0. The average Bonchev–Trinajstić information content (AvgIpc) is 3.40. The summed E-state index contributed by atoms with van der Waals surface area (Å²) < 4.78 is 0. The zero-order valence-electron chi connectivity index (χ0n) is 15.5. The minimum absolute atomic E-state index is 0.142. The molecule has 2 aliphatic carbocycles. The molecule has 2 aromatic carbocycles. The molecule has 3 amide bonds. The molecular formula is C23H22N2O3. The lowest BCUT2D eigenvalue weighted by Crippen LogP contribution is -2.42. The van der Waals surface area contributed by atoms with Gasteiger partial charge in [0.15, 0.2) is 0 Å². The predicted octanol–water partition coefficient (Wildman–Crippen LogP) is 3.38. The number of nitrogens with zero attached hydrogens (tertiary/aromatic N) is 2. The second-order valence-corrected chi connectivity index (χ2v) is 8.05. The molecule has 2 aromatic rings. The van der Waals surface area contributed by atoms with Crippen LogP contribution in [0, 0.1) is 23.7 Å². The number of amides is 3. The van der Waals surface area contributed by atoms with Crippen LogP contribution >= 0.6 is 0 Å². The molecule has 3 aliphatic rings. The Hall–Kier alpha value is -2.95. The molecular weight excluding hydrogens is 352 g/mol. The number of imide groups is 1. The lowest BCUT2D eigenvalue weighted by Gasteiger charge is -2.25. The molecule has 5 rings (SSSR count). The number of hydrogen-bond acceptors (Lipinski definition) is 3. The van der Waals surface area contributed by atoms with Crippen LogP contribution in [0.4, 0.5) is 11.4 Å². The second kappa shape index (κ2) is 6.59. The maximum atomic E-state index is 13.3. The Bertz CT molecular complexity index is 860. The van der Waals surface area contributed by atoms with Crippen molar-refractivity contribution in [2.45, 2.75) is 19.3 Å². The fourth-order valence-electron chi connectivity index (χ4n) is 5.42. The van der Waals surface area contributed by atoms with Gasteiger partial charge in [-0.1, -0.05) is 36.4 Å². The molecule has 2 saturated carbocycles. The van der Waals surface area contributed by atoms with Crippen molar-refractivity contribution in [1.82, 2.24) is 4.90 Å². The Labute approximate surface area is 163 Å². The zero-order chi connectivity index (χ0) is 19.3. The molecule has 5 heteroatoms. The SMILES string of the molecule is O=C1[C@@H]2[C@H]3CC[C@@H](C3)[C@@H]2C(=O)N1CC(=O)N(c1ccccc1)c1ccccc1. The summed E-state index contributed by atoms with van der Waals surface area (Å²) in [4.78, 5) is 42.0. The Morgan fingerprint density at radius 3 is 1.75 bits per heavy atom. The minimum atomic E-state index is -0.272. The van der Waals surface area contributed by atoms with E-state index in [1.165, 1.54) is 4.90 Å². The molecule has 0 aromatic heterocycles. The van der Waals surface area contributed by atoms with E-state index in [2.05, 4.69) is 0 Å². The first-order valence-electron chi connectivity index (χ1n) is 9.93. The highest BCUT2D eigenvalue weighted by atomic mass is 16.2. The molecule has 0 N–H and O–H groups in total. The van der Waals surface area contributed by atoms with Gasteiger partial charge in [0, 0.05) is 11.4 Å². The molecule has 1 aliphatic heterocycles. The lowest BCUT2D eigenvalue weighted by molar-refractivity contribution is -0.143. The van der Waals surface area contributed by atoms with Gasteiger partial charge in [0.05, 0.1) is 11.8 Å². The van der Waals surface area contributed by atoms with Crippen LogP contribution < -0.4 is 4.90 Å². The van der Waals surface area contributed by atoms with Crippen molar-refractivity contribution in [3.8, 4) is 0 Å². The Balaban J connectivity index is 1.43. The van der Waals surface area contributed by atoms with E-state index in [0.29, 0.717) is 11.8 Å². The summed E-state index contributed by atoms with van der Waals surface area (Å²) in [6.45, 7) is -0.201. The first-order valence-corrected chi connectivity index (χ1v) is 9.93. The summed E-state index contributed by atoms with van der Waals surface area (Å²) >= 11 is 0. The highest BCUT2D eigenvalue weighted by molar-refractivity contribution is 6.11. The Kier molecular flexibility index (Phi) is 4.04. The summed E-state index contributed by atoms with van der Waals surface area (Å²) in [5.74, 6) is -0.293. The molecule has 142 valence electrons. The number of likely N-dealkylation sites (tertiary alicyclic amines) is 1. The molecule has 28 heavy (non-hydrogen) atoms. The number of fused-ring (bicyclic) bond motifs is 5. The van der Waals surface area contributed by atoms with E-state index in [9.17, 15) is 14.4 Å². The first-order chi connectivity index (χ1) is 13.6. The van der Waals surface area contributed by atoms with E-state index in [-0.39, 0.29) is 36.1 Å². The largest absolute Gasteiger partial charge is 0.280 e. The van der Waals surface area contributed by atoms with Crippen molar-refractivity contribution in [1.29, 1.82) is 0 Å². The summed E-state index contributed by atoms with van der Waals surface area (Å²) in [6, 6.07) is 18.7. The van der Waals surface area contributed by atoms with Gasteiger partial charge in [0.1, 0.15) is 6.54 Å². The summed E-state index contributed by atoms with van der Waals surface area (Å²) in [6.07, 6.45) is 3.06. The normalized spacial score (nSPS) is 27.9. The quantitative estimate of drug-likeness (QED) is 0.771. The molecule has 0 spiro atoms. The Morgan fingerprint density at radius 2 is 1.29 bits per heavy atom. The first kappa shape index (κ1) is 17.2. The molecule has 1 saturated heterocycles. The molecule has 1 heterocycles. The van der Waals surface area contributed by atoms with E-state index in [4.69, 9.17) is 0 Å². The van der Waals surface area contributed by atoms with Crippen LogP contribution in [-0.2, 0) is 14.4 Å². The van der Waals surface area contributed by atoms with Gasteiger partial charge in [-0.2, -0.15) is 0 Å². The van der Waals surface area contributed by atoms with Crippen LogP contribution in [0.3, 0.4) is 0 Å². The third-order valence-electron chi connectivity index (χ3n) is 6.59. The van der Waals surface area contributed by atoms with Crippen LogP contribution in [0.15, 0.2) is 60.7 Å². The number of benzene rings is 2. The molecule has 2 bridgehead atoms. The van der Waals surface area contributed by atoms with Gasteiger partial charge in [-0.25, -0.2) is 0 Å².